The zero-order valence-corrected chi connectivity index (χ0v) is 13.7. The van der Waals surface area contributed by atoms with E-state index in [2.05, 4.69) is 35.2 Å². The molecule has 1 heterocycles. The van der Waals surface area contributed by atoms with Crippen LogP contribution in [0.25, 0.3) is 0 Å². The van der Waals surface area contributed by atoms with Crippen LogP contribution in [0.4, 0.5) is 0 Å². The first-order valence-corrected chi connectivity index (χ1v) is 2.78. The van der Waals surface area contributed by atoms with Crippen LogP contribution in [0, 0.1) is 0 Å². The SMILES string of the molecule is [K+].[K+].[S-]c1ccnc([S-])n1. The first-order valence-electron chi connectivity index (χ1n) is 1.96. The number of hydrogen-bond acceptors (Lipinski definition) is 4. The van der Waals surface area contributed by atoms with Crippen molar-refractivity contribution in [3.05, 3.63) is 12.3 Å². The molecule has 1 aromatic rings. The van der Waals surface area contributed by atoms with E-state index in [1.807, 2.05) is 0 Å². The number of rotatable bonds is 0. The monoisotopic (exact) mass is 220 g/mol. The standard InChI is InChI=1S/C4H4N2S2.2K/c7-3-1-2-5-4(8)6-3;;/h1-2H,(H2,5,6,7,8);;/q;2*+1/p-2. The van der Waals surface area contributed by atoms with Crippen LogP contribution in [-0.2, 0) is 25.3 Å². The van der Waals surface area contributed by atoms with Crippen LogP contribution in [0.1, 0.15) is 0 Å². The maximum absolute atomic E-state index is 4.68. The fourth-order valence-electron chi connectivity index (χ4n) is 0.325. The smallest absolute Gasteiger partial charge is 0.760 e. The molecule has 0 aliphatic carbocycles. The minimum absolute atomic E-state index is 0. The predicted molar refractivity (Wildman–Crippen MR) is 33.3 cm³/mol. The van der Waals surface area contributed by atoms with Crippen molar-refractivity contribution in [2.24, 2.45) is 0 Å². The number of aromatic nitrogens is 2. The molecule has 1 aromatic heterocycles. The molecule has 0 N–H and O–H groups in total. The number of nitrogens with zero attached hydrogens (tertiary/aromatic N) is 2. The molecule has 10 heavy (non-hydrogen) atoms. The molecule has 0 amide bonds. The molecule has 0 atom stereocenters. The largest absolute Gasteiger partial charge is 1.00 e. The van der Waals surface area contributed by atoms with Crippen molar-refractivity contribution in [1.82, 2.24) is 9.97 Å². The van der Waals surface area contributed by atoms with Gasteiger partial charge in [-0.2, -0.15) is 0 Å². The van der Waals surface area contributed by atoms with Gasteiger partial charge in [0.1, 0.15) is 0 Å². The Morgan fingerprint density at radius 3 is 2.10 bits per heavy atom. The van der Waals surface area contributed by atoms with E-state index in [1.165, 1.54) is 0 Å². The molecule has 0 radical (unpaired) electrons. The minimum atomic E-state index is 0. The Labute approximate surface area is 156 Å². The third-order valence-corrected chi connectivity index (χ3v) is 1.03. The van der Waals surface area contributed by atoms with Crippen LogP contribution in [0.15, 0.2) is 22.4 Å². The van der Waals surface area contributed by atoms with E-state index in [0.717, 1.165) is 0 Å². The maximum Gasteiger partial charge on any atom is 1.00 e. The zero-order valence-electron chi connectivity index (χ0n) is 5.87. The molecule has 0 aliphatic heterocycles. The van der Waals surface area contributed by atoms with E-state index >= 15 is 0 Å². The summed E-state index contributed by atoms with van der Waals surface area (Å²) in [5.74, 6) is 0. The fourth-order valence-corrected chi connectivity index (χ4v) is 0.690. The summed E-state index contributed by atoms with van der Waals surface area (Å²) in [4.78, 5) is 7.37. The topological polar surface area (TPSA) is 25.8 Å². The fraction of sp³-hybridized carbons (Fsp3) is 0. The Balaban J connectivity index is 0. The molecule has 0 fully saturated rings. The van der Waals surface area contributed by atoms with Crippen molar-refractivity contribution in [2.45, 2.75) is 10.2 Å². The van der Waals surface area contributed by atoms with E-state index in [-0.39, 0.29) is 103 Å². The van der Waals surface area contributed by atoms with Gasteiger partial charge >= 0.3 is 103 Å². The Kier molecular flexibility index (Phi) is 12.8. The van der Waals surface area contributed by atoms with Crippen molar-refractivity contribution >= 4 is 25.3 Å². The van der Waals surface area contributed by atoms with Crippen LogP contribution < -0.4 is 103 Å². The van der Waals surface area contributed by atoms with Gasteiger partial charge in [-0.25, -0.2) is 0 Å². The molecule has 0 bridgehead atoms. The minimum Gasteiger partial charge on any atom is -0.760 e. The summed E-state index contributed by atoms with van der Waals surface area (Å²) in [5.41, 5.74) is 0. The van der Waals surface area contributed by atoms with Crippen molar-refractivity contribution in [1.29, 1.82) is 0 Å². The summed E-state index contributed by atoms with van der Waals surface area (Å²) in [6.07, 6.45) is 1.55. The van der Waals surface area contributed by atoms with Gasteiger partial charge in [0, 0.05) is 11.4 Å². The van der Waals surface area contributed by atoms with Crippen LogP contribution >= 0.6 is 0 Å². The molecule has 2 nitrogen and oxygen atoms in total. The quantitative estimate of drug-likeness (QED) is 0.188. The van der Waals surface area contributed by atoms with Gasteiger partial charge in [-0.05, 0) is 6.07 Å². The summed E-state index contributed by atoms with van der Waals surface area (Å²) in [5, 5.41) is 0.822. The molecule has 6 heteroatoms. The summed E-state index contributed by atoms with van der Waals surface area (Å²) in [7, 11) is 0. The molecular formula is C4H2K2N2S2. The van der Waals surface area contributed by atoms with E-state index in [1.54, 1.807) is 12.3 Å². The van der Waals surface area contributed by atoms with Gasteiger partial charge in [0.15, 0.2) is 0 Å². The summed E-state index contributed by atoms with van der Waals surface area (Å²) in [6, 6.07) is 1.63. The van der Waals surface area contributed by atoms with E-state index in [4.69, 9.17) is 0 Å². The average molecular weight is 220 g/mol. The Hall–Kier alpha value is 2.79. The van der Waals surface area contributed by atoms with Gasteiger partial charge in [-0.1, -0.05) is 5.03 Å². The molecule has 1 rings (SSSR count). The van der Waals surface area contributed by atoms with Gasteiger partial charge in [-0.15, -0.1) is 0 Å². The summed E-state index contributed by atoms with van der Waals surface area (Å²) in [6.45, 7) is 0. The van der Waals surface area contributed by atoms with Crippen LogP contribution in [0.5, 0.6) is 0 Å². The second-order valence-corrected chi connectivity index (χ2v) is 1.96. The van der Waals surface area contributed by atoms with Crippen LogP contribution in [0.3, 0.4) is 0 Å². The molecule has 42 valence electrons. The van der Waals surface area contributed by atoms with Crippen molar-refractivity contribution in [3.8, 4) is 0 Å². The molecule has 0 aromatic carbocycles. The average Bonchev–Trinajstić information content (AvgIpc) is 1.64. The van der Waals surface area contributed by atoms with Gasteiger partial charge < -0.3 is 25.3 Å². The zero-order chi connectivity index (χ0) is 5.98. The molecule has 0 aliphatic rings. The van der Waals surface area contributed by atoms with E-state index in [0.29, 0.717) is 10.2 Å². The van der Waals surface area contributed by atoms with E-state index in [9.17, 15) is 0 Å². The second kappa shape index (κ2) is 8.39. The molecular weight excluding hydrogens is 218 g/mol. The van der Waals surface area contributed by atoms with Crippen molar-refractivity contribution < 1.29 is 103 Å². The van der Waals surface area contributed by atoms with Gasteiger partial charge in [0.2, 0.25) is 0 Å². The normalized spacial score (nSPS) is 7.20. The number of hydrogen-bond donors (Lipinski definition) is 0. The molecule has 0 saturated carbocycles. The first kappa shape index (κ1) is 15.3. The summed E-state index contributed by atoms with van der Waals surface area (Å²) < 4.78 is 0. The third-order valence-electron chi connectivity index (χ3n) is 0.608. The molecule has 0 spiro atoms. The van der Waals surface area contributed by atoms with Crippen LogP contribution in [-0.4, -0.2) is 9.97 Å². The van der Waals surface area contributed by atoms with Gasteiger partial charge in [0.25, 0.3) is 0 Å². The maximum atomic E-state index is 4.68. The molecule has 0 unspecified atom stereocenters. The third kappa shape index (κ3) is 6.32. The Bertz CT molecular complexity index is 179. The Morgan fingerprint density at radius 2 is 1.80 bits per heavy atom. The molecule has 0 saturated heterocycles. The van der Waals surface area contributed by atoms with E-state index < -0.39 is 0 Å². The van der Waals surface area contributed by atoms with Crippen molar-refractivity contribution in [3.63, 3.8) is 0 Å². The predicted octanol–water partition coefficient (Wildman–Crippen LogP) is -5.70. The Morgan fingerprint density at radius 1 is 1.20 bits per heavy atom. The van der Waals surface area contributed by atoms with Gasteiger partial charge in [0.05, 0.1) is 0 Å². The van der Waals surface area contributed by atoms with Crippen LogP contribution in [0.2, 0.25) is 0 Å². The van der Waals surface area contributed by atoms with Gasteiger partial charge in [-0.3, -0.25) is 9.97 Å². The van der Waals surface area contributed by atoms with Crippen molar-refractivity contribution in [2.75, 3.05) is 0 Å². The first-order chi connectivity index (χ1) is 3.79. The summed E-state index contributed by atoms with van der Waals surface area (Å²) >= 11 is 9.29. The second-order valence-electron chi connectivity index (χ2n) is 1.18.